The predicted molar refractivity (Wildman–Crippen MR) is 19.3 cm³/mol. The van der Waals surface area contributed by atoms with Crippen molar-refractivity contribution in [2.45, 2.75) is 18.8 Å². The van der Waals surface area contributed by atoms with Gasteiger partial charge in [-0.25, -0.2) is 0 Å². The maximum atomic E-state index is 11.4. The van der Waals surface area contributed by atoms with Crippen LogP contribution in [-0.4, -0.2) is 11.8 Å². The molecular formula is C3H3F3N2. The number of rotatable bonds is 0. The molecule has 0 fully saturated rings. The van der Waals surface area contributed by atoms with Crippen molar-refractivity contribution in [3.63, 3.8) is 0 Å². The normalized spacial score (nSPS) is 23.5. The summed E-state index contributed by atoms with van der Waals surface area (Å²) in [4.78, 5) is 0. The molecule has 0 aromatic rings. The van der Waals surface area contributed by atoms with Gasteiger partial charge in [-0.3, -0.25) is 0 Å². The lowest BCUT2D eigenvalue weighted by Crippen LogP contribution is -2.28. The topological polar surface area (TPSA) is 24.7 Å². The van der Waals surface area contributed by atoms with E-state index in [1.54, 1.807) is 0 Å². The molecular weight excluding hydrogens is 121 g/mol. The SMILES string of the molecule is CC1(C(F)(F)F)N=N1. The van der Waals surface area contributed by atoms with Crippen LogP contribution in [0.5, 0.6) is 0 Å². The van der Waals surface area contributed by atoms with Gasteiger partial charge in [0.15, 0.2) is 0 Å². The molecule has 1 aliphatic heterocycles. The molecule has 2 nitrogen and oxygen atoms in total. The fourth-order valence-corrected chi connectivity index (χ4v) is 0.188. The van der Waals surface area contributed by atoms with E-state index < -0.39 is 11.8 Å². The monoisotopic (exact) mass is 124 g/mol. The molecule has 8 heavy (non-hydrogen) atoms. The lowest BCUT2D eigenvalue weighted by atomic mass is 10.3. The minimum Gasteiger partial charge on any atom is -0.166 e. The zero-order valence-electron chi connectivity index (χ0n) is 4.03. The maximum Gasteiger partial charge on any atom is 0.437 e. The highest BCUT2D eigenvalue weighted by Gasteiger charge is 2.59. The first kappa shape index (κ1) is 5.53. The molecule has 0 aliphatic carbocycles. The summed E-state index contributed by atoms with van der Waals surface area (Å²) < 4.78 is 34.3. The van der Waals surface area contributed by atoms with E-state index in [-0.39, 0.29) is 0 Å². The van der Waals surface area contributed by atoms with E-state index in [0.29, 0.717) is 0 Å². The van der Waals surface area contributed by atoms with E-state index in [1.165, 1.54) is 0 Å². The van der Waals surface area contributed by atoms with Crippen LogP contribution in [0.15, 0.2) is 10.2 Å². The molecule has 0 aromatic carbocycles. The summed E-state index contributed by atoms with van der Waals surface area (Å²) in [6, 6.07) is 0. The van der Waals surface area contributed by atoms with Crippen molar-refractivity contribution in [1.82, 2.24) is 0 Å². The Hall–Kier alpha value is -0.610. The van der Waals surface area contributed by atoms with Gasteiger partial charge in [0.05, 0.1) is 0 Å². The van der Waals surface area contributed by atoms with Crippen LogP contribution in [0, 0.1) is 0 Å². The van der Waals surface area contributed by atoms with E-state index in [9.17, 15) is 13.2 Å². The fourth-order valence-electron chi connectivity index (χ4n) is 0.188. The summed E-state index contributed by atoms with van der Waals surface area (Å²) in [6.07, 6.45) is -4.28. The third kappa shape index (κ3) is 0.579. The fraction of sp³-hybridized carbons (Fsp3) is 1.00. The second-order valence-corrected chi connectivity index (χ2v) is 1.72. The summed E-state index contributed by atoms with van der Waals surface area (Å²) in [7, 11) is 0. The molecule has 0 saturated carbocycles. The van der Waals surface area contributed by atoms with Gasteiger partial charge >= 0.3 is 6.18 Å². The van der Waals surface area contributed by atoms with E-state index in [2.05, 4.69) is 10.2 Å². The Kier molecular flexibility index (Phi) is 0.715. The second kappa shape index (κ2) is 1.04. The summed E-state index contributed by atoms with van der Waals surface area (Å²) in [5.74, 6) is 0. The molecule has 0 radical (unpaired) electrons. The molecule has 0 bridgehead atoms. The third-order valence-electron chi connectivity index (χ3n) is 0.937. The Bertz CT molecular complexity index is 127. The molecule has 0 unspecified atom stereocenters. The van der Waals surface area contributed by atoms with Crippen molar-refractivity contribution in [1.29, 1.82) is 0 Å². The minimum absolute atomic E-state index is 0.924. The first-order chi connectivity index (χ1) is 3.46. The van der Waals surface area contributed by atoms with Crippen LogP contribution in [-0.2, 0) is 0 Å². The van der Waals surface area contributed by atoms with Crippen molar-refractivity contribution >= 4 is 0 Å². The second-order valence-electron chi connectivity index (χ2n) is 1.72. The zero-order chi connectivity index (χ0) is 6.41. The van der Waals surface area contributed by atoms with Gasteiger partial charge in [-0.2, -0.15) is 13.2 Å². The lowest BCUT2D eigenvalue weighted by molar-refractivity contribution is -0.158. The van der Waals surface area contributed by atoms with Crippen LogP contribution in [0.25, 0.3) is 0 Å². The summed E-state index contributed by atoms with van der Waals surface area (Å²) in [6.45, 7) is 0.924. The molecule has 1 heterocycles. The average Bonchev–Trinajstić information content (AvgIpc) is 2.16. The van der Waals surface area contributed by atoms with Crippen molar-refractivity contribution < 1.29 is 13.2 Å². The molecule has 0 amide bonds. The number of nitrogens with zero attached hydrogens (tertiary/aromatic N) is 2. The first-order valence-electron chi connectivity index (χ1n) is 1.96. The van der Waals surface area contributed by atoms with Crippen LogP contribution in [0.1, 0.15) is 6.92 Å². The van der Waals surface area contributed by atoms with Gasteiger partial charge in [0.2, 0.25) is 0 Å². The van der Waals surface area contributed by atoms with Gasteiger partial charge in [0.1, 0.15) is 0 Å². The van der Waals surface area contributed by atoms with Gasteiger partial charge in [0.25, 0.3) is 5.66 Å². The van der Waals surface area contributed by atoms with Gasteiger partial charge < -0.3 is 0 Å². The third-order valence-corrected chi connectivity index (χ3v) is 0.937. The molecule has 46 valence electrons. The minimum atomic E-state index is -4.28. The number of alkyl halides is 3. The van der Waals surface area contributed by atoms with Crippen molar-refractivity contribution in [3.05, 3.63) is 0 Å². The predicted octanol–water partition coefficient (Wildman–Crippen LogP) is 1.73. The average molecular weight is 124 g/mol. The van der Waals surface area contributed by atoms with Gasteiger partial charge in [-0.05, 0) is 6.92 Å². The molecule has 0 saturated heterocycles. The Morgan fingerprint density at radius 2 is 1.62 bits per heavy atom. The van der Waals surface area contributed by atoms with Crippen molar-refractivity contribution in [2.75, 3.05) is 0 Å². The number of hydrogen-bond acceptors (Lipinski definition) is 2. The number of halogens is 3. The summed E-state index contributed by atoms with van der Waals surface area (Å²) in [5, 5.41) is 5.61. The van der Waals surface area contributed by atoms with Gasteiger partial charge in [-0.1, -0.05) is 0 Å². The maximum absolute atomic E-state index is 11.4. The number of hydrogen-bond donors (Lipinski definition) is 0. The quantitative estimate of drug-likeness (QED) is 0.469. The first-order valence-corrected chi connectivity index (χ1v) is 1.96. The van der Waals surface area contributed by atoms with Crippen LogP contribution in [0.2, 0.25) is 0 Å². The molecule has 0 atom stereocenters. The smallest absolute Gasteiger partial charge is 0.166 e. The zero-order valence-corrected chi connectivity index (χ0v) is 4.03. The van der Waals surface area contributed by atoms with Gasteiger partial charge in [0, 0.05) is 0 Å². The molecule has 0 spiro atoms. The van der Waals surface area contributed by atoms with Crippen LogP contribution >= 0.6 is 0 Å². The Labute approximate surface area is 43.4 Å². The Balaban J connectivity index is 2.61. The van der Waals surface area contributed by atoms with Crippen molar-refractivity contribution in [2.24, 2.45) is 10.2 Å². The molecule has 5 heteroatoms. The Morgan fingerprint density at radius 3 is 1.62 bits per heavy atom. The van der Waals surface area contributed by atoms with Crippen LogP contribution < -0.4 is 0 Å². The molecule has 0 N–H and O–H groups in total. The lowest BCUT2D eigenvalue weighted by Gasteiger charge is -2.06. The standard InChI is InChI=1S/C3H3F3N2/c1-2(7-8-2)3(4,5)6/h1H3. The van der Waals surface area contributed by atoms with Crippen LogP contribution in [0.4, 0.5) is 13.2 Å². The molecule has 0 aromatic heterocycles. The highest BCUT2D eigenvalue weighted by molar-refractivity contribution is 4.95. The van der Waals surface area contributed by atoms with E-state index in [1.807, 2.05) is 0 Å². The van der Waals surface area contributed by atoms with E-state index >= 15 is 0 Å². The highest BCUT2D eigenvalue weighted by Crippen LogP contribution is 2.43. The highest BCUT2D eigenvalue weighted by atomic mass is 19.4. The van der Waals surface area contributed by atoms with E-state index in [4.69, 9.17) is 0 Å². The summed E-state index contributed by atoms with van der Waals surface area (Å²) >= 11 is 0. The van der Waals surface area contributed by atoms with Crippen molar-refractivity contribution in [3.8, 4) is 0 Å². The summed E-state index contributed by atoms with van der Waals surface area (Å²) in [5.41, 5.74) is -2.06. The largest absolute Gasteiger partial charge is 0.437 e. The van der Waals surface area contributed by atoms with Gasteiger partial charge in [-0.15, -0.1) is 10.2 Å². The molecule has 1 rings (SSSR count). The van der Waals surface area contributed by atoms with Crippen LogP contribution in [0.3, 0.4) is 0 Å². The molecule has 1 aliphatic rings. The van der Waals surface area contributed by atoms with E-state index in [0.717, 1.165) is 6.92 Å². The Morgan fingerprint density at radius 1 is 1.25 bits per heavy atom.